The average Bonchev–Trinajstić information content (AvgIpc) is 2.91. The predicted molar refractivity (Wildman–Crippen MR) is 88.7 cm³/mol. The molecule has 1 aromatic heterocycles. The van der Waals surface area contributed by atoms with Gasteiger partial charge in [0.15, 0.2) is 0 Å². The molecule has 0 unspecified atom stereocenters. The van der Waals surface area contributed by atoms with Gasteiger partial charge in [0, 0.05) is 17.9 Å². The maximum atomic E-state index is 5.89. The van der Waals surface area contributed by atoms with Gasteiger partial charge in [-0.3, -0.25) is 0 Å². The Bertz CT molecular complexity index is 756. The second kappa shape index (κ2) is 6.75. The van der Waals surface area contributed by atoms with E-state index in [0.717, 1.165) is 33.6 Å². The van der Waals surface area contributed by atoms with E-state index in [-0.39, 0.29) is 0 Å². The van der Waals surface area contributed by atoms with Crippen molar-refractivity contribution in [1.29, 1.82) is 0 Å². The first-order valence-electron chi connectivity index (χ1n) is 7.00. The van der Waals surface area contributed by atoms with Crippen molar-refractivity contribution in [3.8, 4) is 5.75 Å². The lowest BCUT2D eigenvalue weighted by Crippen LogP contribution is -2.00. The number of aromatic nitrogens is 3. The minimum atomic E-state index is 0.556. The Morgan fingerprint density at radius 1 is 1.09 bits per heavy atom. The van der Waals surface area contributed by atoms with Crippen LogP contribution in [-0.4, -0.2) is 14.8 Å². The van der Waals surface area contributed by atoms with Gasteiger partial charge in [-0.2, -0.15) is 0 Å². The Balaban J connectivity index is 1.74. The lowest BCUT2D eigenvalue weighted by atomic mass is 10.1. The zero-order chi connectivity index (χ0) is 15.4. The maximum Gasteiger partial charge on any atom is 0.136 e. The van der Waals surface area contributed by atoms with E-state index in [9.17, 15) is 0 Å². The van der Waals surface area contributed by atoms with Crippen LogP contribution in [0.25, 0.3) is 0 Å². The number of halogens is 1. The third-order valence-corrected chi connectivity index (χ3v) is 3.80. The average molecular weight is 358 g/mol. The number of hydrogen-bond acceptors (Lipinski definition) is 3. The largest absolute Gasteiger partial charge is 0.489 e. The van der Waals surface area contributed by atoms with Gasteiger partial charge in [-0.25, -0.2) is 0 Å². The topological polar surface area (TPSA) is 39.9 Å². The normalized spacial score (nSPS) is 10.6. The van der Waals surface area contributed by atoms with Crippen LogP contribution in [0.5, 0.6) is 5.75 Å². The van der Waals surface area contributed by atoms with Crippen LogP contribution in [0.1, 0.15) is 17.0 Å². The molecule has 0 bridgehead atoms. The highest BCUT2D eigenvalue weighted by Gasteiger charge is 2.06. The second-order valence-electron chi connectivity index (χ2n) is 5.10. The molecule has 2 aromatic carbocycles. The molecule has 0 N–H and O–H groups in total. The van der Waals surface area contributed by atoms with Crippen molar-refractivity contribution >= 4 is 15.9 Å². The number of rotatable bonds is 5. The summed E-state index contributed by atoms with van der Waals surface area (Å²) in [5.41, 5.74) is 2.28. The van der Waals surface area contributed by atoms with Gasteiger partial charge in [0.05, 0.1) is 0 Å². The third kappa shape index (κ3) is 3.74. The van der Waals surface area contributed by atoms with E-state index in [1.165, 1.54) is 0 Å². The molecule has 0 aliphatic carbocycles. The summed E-state index contributed by atoms with van der Waals surface area (Å²) in [6.45, 7) is 0.556. The summed E-state index contributed by atoms with van der Waals surface area (Å²) in [4.78, 5) is 0. The fourth-order valence-corrected chi connectivity index (χ4v) is 2.72. The molecule has 0 amide bonds. The van der Waals surface area contributed by atoms with Crippen LogP contribution in [0, 0.1) is 0 Å². The quantitative estimate of drug-likeness (QED) is 0.698. The minimum absolute atomic E-state index is 0.556. The lowest BCUT2D eigenvalue weighted by molar-refractivity contribution is 0.306. The van der Waals surface area contributed by atoms with Crippen molar-refractivity contribution in [2.75, 3.05) is 0 Å². The van der Waals surface area contributed by atoms with Crippen molar-refractivity contribution in [2.45, 2.75) is 13.0 Å². The van der Waals surface area contributed by atoms with E-state index < -0.39 is 0 Å². The van der Waals surface area contributed by atoms with Gasteiger partial charge in [-0.15, -0.1) is 10.2 Å². The van der Waals surface area contributed by atoms with Crippen molar-refractivity contribution in [3.63, 3.8) is 0 Å². The number of nitrogens with zero attached hydrogens (tertiary/aromatic N) is 3. The van der Waals surface area contributed by atoms with E-state index in [0.29, 0.717) is 6.61 Å². The molecule has 3 rings (SSSR count). The van der Waals surface area contributed by atoms with Gasteiger partial charge < -0.3 is 9.30 Å². The summed E-state index contributed by atoms with van der Waals surface area (Å²) < 4.78 is 8.81. The summed E-state index contributed by atoms with van der Waals surface area (Å²) in [5, 5.41) is 8.03. The highest BCUT2D eigenvalue weighted by Crippen LogP contribution is 2.23. The van der Waals surface area contributed by atoms with Crippen LogP contribution in [0.4, 0.5) is 0 Å². The van der Waals surface area contributed by atoms with Crippen LogP contribution in [0.15, 0.2) is 59.3 Å². The van der Waals surface area contributed by atoms with Gasteiger partial charge in [0.1, 0.15) is 24.5 Å². The van der Waals surface area contributed by atoms with Crippen molar-refractivity contribution in [3.05, 3.63) is 76.3 Å². The maximum absolute atomic E-state index is 5.89. The van der Waals surface area contributed by atoms with Crippen LogP contribution < -0.4 is 4.74 Å². The highest BCUT2D eigenvalue weighted by atomic mass is 79.9. The highest BCUT2D eigenvalue weighted by molar-refractivity contribution is 9.10. The van der Waals surface area contributed by atoms with Gasteiger partial charge in [-0.1, -0.05) is 46.3 Å². The summed E-state index contributed by atoms with van der Waals surface area (Å²) >= 11 is 3.54. The van der Waals surface area contributed by atoms with E-state index in [2.05, 4.69) is 44.3 Å². The van der Waals surface area contributed by atoms with Crippen molar-refractivity contribution in [2.24, 2.45) is 7.05 Å². The molecule has 4 nitrogen and oxygen atoms in total. The van der Waals surface area contributed by atoms with Gasteiger partial charge in [0.25, 0.3) is 0 Å². The Kier molecular flexibility index (Phi) is 4.53. The molecule has 0 fully saturated rings. The molecule has 0 saturated heterocycles. The Morgan fingerprint density at radius 2 is 1.91 bits per heavy atom. The van der Waals surface area contributed by atoms with Crippen molar-refractivity contribution < 1.29 is 4.74 Å². The van der Waals surface area contributed by atoms with Gasteiger partial charge in [0.2, 0.25) is 0 Å². The van der Waals surface area contributed by atoms with Crippen molar-refractivity contribution in [1.82, 2.24) is 14.8 Å². The van der Waals surface area contributed by atoms with E-state index in [1.54, 1.807) is 6.33 Å². The zero-order valence-corrected chi connectivity index (χ0v) is 13.8. The monoisotopic (exact) mass is 357 g/mol. The Hall–Kier alpha value is -2.14. The molecule has 3 aromatic rings. The molecule has 0 spiro atoms. The number of ether oxygens (including phenoxy) is 1. The molecule has 1 heterocycles. The number of aryl methyl sites for hydroxylation is 1. The Morgan fingerprint density at radius 3 is 2.64 bits per heavy atom. The van der Waals surface area contributed by atoms with Gasteiger partial charge in [-0.05, 0) is 29.3 Å². The molecule has 0 aliphatic heterocycles. The zero-order valence-electron chi connectivity index (χ0n) is 12.2. The SMILES string of the molecule is Cn1cnnc1Cc1cc(Br)cc(OCc2ccccc2)c1. The number of benzene rings is 2. The molecule has 0 radical (unpaired) electrons. The number of hydrogen-bond donors (Lipinski definition) is 0. The standard InChI is InChI=1S/C17H16BrN3O/c1-21-12-19-20-17(21)9-14-7-15(18)10-16(8-14)22-11-13-5-3-2-4-6-13/h2-8,10,12H,9,11H2,1H3. The van der Waals surface area contributed by atoms with Gasteiger partial charge >= 0.3 is 0 Å². The molecular weight excluding hydrogens is 342 g/mol. The smallest absolute Gasteiger partial charge is 0.136 e. The fraction of sp³-hybridized carbons (Fsp3) is 0.176. The first kappa shape index (κ1) is 14.8. The molecule has 0 aliphatic rings. The fourth-order valence-electron chi connectivity index (χ4n) is 2.20. The van der Waals surface area contributed by atoms with Crippen LogP contribution in [0.2, 0.25) is 0 Å². The summed E-state index contributed by atoms with van der Waals surface area (Å²) in [5.74, 6) is 1.77. The first-order valence-corrected chi connectivity index (χ1v) is 7.79. The van der Waals surface area contributed by atoms with Crippen LogP contribution in [0.3, 0.4) is 0 Å². The second-order valence-corrected chi connectivity index (χ2v) is 6.02. The third-order valence-electron chi connectivity index (χ3n) is 3.35. The summed E-state index contributed by atoms with van der Waals surface area (Å²) in [6, 6.07) is 16.2. The van der Waals surface area contributed by atoms with E-state index in [4.69, 9.17) is 4.74 Å². The predicted octanol–water partition coefficient (Wildman–Crippen LogP) is 3.75. The minimum Gasteiger partial charge on any atom is -0.489 e. The van der Waals surface area contributed by atoms with E-state index >= 15 is 0 Å². The van der Waals surface area contributed by atoms with Crippen LogP contribution in [-0.2, 0) is 20.1 Å². The van der Waals surface area contributed by atoms with Crippen LogP contribution >= 0.6 is 15.9 Å². The molecule has 5 heteroatoms. The lowest BCUT2D eigenvalue weighted by Gasteiger charge is -2.09. The first-order chi connectivity index (χ1) is 10.7. The summed E-state index contributed by atoms with van der Waals surface area (Å²) in [7, 11) is 1.94. The molecular formula is C17H16BrN3O. The molecule has 112 valence electrons. The summed E-state index contributed by atoms with van der Waals surface area (Å²) in [6.07, 6.45) is 2.43. The Labute approximate surface area is 137 Å². The molecule has 0 saturated carbocycles. The molecule has 0 atom stereocenters. The molecule has 22 heavy (non-hydrogen) atoms. The van der Waals surface area contributed by atoms with E-state index in [1.807, 2.05) is 41.9 Å².